The second-order valence-corrected chi connectivity index (χ2v) is 8.44. The van der Waals surface area contributed by atoms with Gasteiger partial charge in [-0.1, -0.05) is 42.5 Å². The average molecular weight is 367 g/mol. The number of methoxy groups -OCH3 is 1. The minimum Gasteiger partial charge on any atom is -0.380 e. The standard InChI is InChI=1S/C22H26N2OS/c1-25-16-19-8-3-2-7-18(19)15-23-21-22(10-12-26-13-11-22)14-17-6-4-5-9-20(17)24-21/h2-9H,10-16H2,1H3,(H,23,24). The molecule has 0 aromatic heterocycles. The number of thioether (sulfide) groups is 1. The van der Waals surface area contributed by atoms with E-state index in [1.165, 1.54) is 52.6 Å². The Morgan fingerprint density at radius 1 is 1.04 bits per heavy atom. The Morgan fingerprint density at radius 3 is 2.58 bits per heavy atom. The van der Waals surface area contributed by atoms with Crippen LogP contribution >= 0.6 is 11.8 Å². The second-order valence-electron chi connectivity index (χ2n) is 7.22. The highest BCUT2D eigenvalue weighted by molar-refractivity contribution is 7.99. The molecular formula is C22H26N2OS. The Kier molecular flexibility index (Phi) is 5.32. The van der Waals surface area contributed by atoms with E-state index < -0.39 is 0 Å². The fourth-order valence-corrected chi connectivity index (χ4v) is 5.33. The molecule has 0 bridgehead atoms. The maximum absolute atomic E-state index is 5.35. The van der Waals surface area contributed by atoms with E-state index in [0.29, 0.717) is 13.2 Å². The molecule has 2 aliphatic heterocycles. The van der Waals surface area contributed by atoms with Crippen molar-refractivity contribution < 1.29 is 4.74 Å². The smallest absolute Gasteiger partial charge is 0.108 e. The summed E-state index contributed by atoms with van der Waals surface area (Å²) in [7, 11) is 1.75. The first kappa shape index (κ1) is 17.6. The molecule has 4 heteroatoms. The summed E-state index contributed by atoms with van der Waals surface area (Å²) >= 11 is 2.07. The Hall–Kier alpha value is -1.78. The van der Waals surface area contributed by atoms with E-state index in [4.69, 9.17) is 9.73 Å². The van der Waals surface area contributed by atoms with Crippen molar-refractivity contribution in [3.05, 3.63) is 65.2 Å². The number of amidine groups is 1. The van der Waals surface area contributed by atoms with E-state index in [0.717, 1.165) is 6.42 Å². The van der Waals surface area contributed by atoms with Gasteiger partial charge in [-0.2, -0.15) is 11.8 Å². The number of ether oxygens (including phenoxy) is 1. The molecule has 0 radical (unpaired) electrons. The molecule has 136 valence electrons. The summed E-state index contributed by atoms with van der Waals surface area (Å²) in [6.07, 6.45) is 3.52. The van der Waals surface area contributed by atoms with Crippen molar-refractivity contribution in [1.29, 1.82) is 0 Å². The van der Waals surface area contributed by atoms with Crippen molar-refractivity contribution in [1.82, 2.24) is 0 Å². The van der Waals surface area contributed by atoms with E-state index in [1.807, 2.05) is 0 Å². The van der Waals surface area contributed by atoms with Gasteiger partial charge in [0.15, 0.2) is 0 Å². The summed E-state index contributed by atoms with van der Waals surface area (Å²) in [5, 5.41) is 3.69. The number of benzene rings is 2. The molecule has 2 aromatic rings. The topological polar surface area (TPSA) is 33.6 Å². The van der Waals surface area contributed by atoms with Gasteiger partial charge in [-0.3, -0.25) is 4.99 Å². The van der Waals surface area contributed by atoms with E-state index >= 15 is 0 Å². The monoisotopic (exact) mass is 366 g/mol. The number of hydrogen-bond donors (Lipinski definition) is 1. The second kappa shape index (κ2) is 7.85. The number of aliphatic imine (C=N–C) groups is 1. The van der Waals surface area contributed by atoms with Gasteiger partial charge in [0.2, 0.25) is 0 Å². The molecular weight excluding hydrogens is 340 g/mol. The summed E-state index contributed by atoms with van der Waals surface area (Å²) in [6, 6.07) is 17.1. The number of rotatable bonds is 4. The zero-order valence-corrected chi connectivity index (χ0v) is 16.1. The molecule has 26 heavy (non-hydrogen) atoms. The number of hydrogen-bond acceptors (Lipinski definition) is 3. The third-order valence-electron chi connectivity index (χ3n) is 5.58. The van der Waals surface area contributed by atoms with Crippen molar-refractivity contribution in [3.63, 3.8) is 0 Å². The van der Waals surface area contributed by atoms with Crippen LogP contribution in [-0.4, -0.2) is 24.5 Å². The number of nitrogens with zero attached hydrogens (tertiary/aromatic N) is 1. The molecule has 0 amide bonds. The summed E-state index contributed by atoms with van der Waals surface area (Å²) < 4.78 is 5.35. The van der Waals surface area contributed by atoms with Gasteiger partial charge in [0, 0.05) is 18.2 Å². The fourth-order valence-electron chi connectivity index (χ4n) is 4.06. The normalized spacial score (nSPS) is 20.0. The minimum atomic E-state index is 0.176. The molecule has 3 nitrogen and oxygen atoms in total. The Morgan fingerprint density at radius 2 is 1.77 bits per heavy atom. The largest absolute Gasteiger partial charge is 0.380 e. The van der Waals surface area contributed by atoms with Gasteiger partial charge in [0.05, 0.1) is 13.2 Å². The lowest BCUT2D eigenvalue weighted by atomic mass is 9.73. The van der Waals surface area contributed by atoms with Crippen molar-refractivity contribution in [2.75, 3.05) is 23.9 Å². The van der Waals surface area contributed by atoms with E-state index in [9.17, 15) is 0 Å². The number of anilines is 1. The van der Waals surface area contributed by atoms with Crippen molar-refractivity contribution in [3.8, 4) is 0 Å². The zero-order valence-electron chi connectivity index (χ0n) is 15.3. The average Bonchev–Trinajstić information content (AvgIpc) is 2.68. The van der Waals surface area contributed by atoms with Gasteiger partial charge in [-0.15, -0.1) is 0 Å². The van der Waals surface area contributed by atoms with Gasteiger partial charge >= 0.3 is 0 Å². The zero-order chi connectivity index (χ0) is 17.8. The summed E-state index contributed by atoms with van der Waals surface area (Å²) in [5.41, 5.74) is 5.31. The maximum atomic E-state index is 5.35. The number of nitrogens with one attached hydrogen (secondary N) is 1. The SMILES string of the molecule is COCc1ccccc1CN=C1Nc2ccccc2CC12CCSCC2. The highest BCUT2D eigenvalue weighted by Gasteiger charge is 2.41. The van der Waals surface area contributed by atoms with Gasteiger partial charge < -0.3 is 10.1 Å². The Balaban J connectivity index is 1.65. The molecule has 1 fully saturated rings. The molecule has 4 rings (SSSR count). The Labute approximate surface area is 160 Å². The lowest BCUT2D eigenvalue weighted by Gasteiger charge is -2.42. The minimum absolute atomic E-state index is 0.176. The Bertz CT molecular complexity index is 796. The number of fused-ring (bicyclic) bond motifs is 1. The fraction of sp³-hybridized carbons (Fsp3) is 0.409. The molecule has 1 saturated heterocycles. The van der Waals surface area contributed by atoms with Crippen molar-refractivity contribution in [2.24, 2.45) is 10.4 Å². The molecule has 1 spiro atoms. The van der Waals surface area contributed by atoms with Crippen LogP contribution in [0.3, 0.4) is 0 Å². The first-order chi connectivity index (χ1) is 12.8. The molecule has 2 aromatic carbocycles. The van der Waals surface area contributed by atoms with Gasteiger partial charge in [-0.25, -0.2) is 0 Å². The summed E-state index contributed by atoms with van der Waals surface area (Å²) in [5.74, 6) is 3.63. The van der Waals surface area contributed by atoms with Crippen LogP contribution in [-0.2, 0) is 24.3 Å². The van der Waals surface area contributed by atoms with Crippen LogP contribution in [0.5, 0.6) is 0 Å². The van der Waals surface area contributed by atoms with Crippen molar-refractivity contribution in [2.45, 2.75) is 32.4 Å². The highest BCUT2D eigenvalue weighted by atomic mass is 32.2. The first-order valence-corrected chi connectivity index (χ1v) is 10.5. The van der Waals surface area contributed by atoms with Crippen LogP contribution in [0.15, 0.2) is 53.5 Å². The maximum Gasteiger partial charge on any atom is 0.108 e. The highest BCUT2D eigenvalue weighted by Crippen LogP contribution is 2.44. The summed E-state index contributed by atoms with van der Waals surface area (Å²) in [6.45, 7) is 1.35. The first-order valence-electron chi connectivity index (χ1n) is 9.34. The molecule has 0 unspecified atom stereocenters. The van der Waals surface area contributed by atoms with E-state index in [-0.39, 0.29) is 5.41 Å². The molecule has 1 N–H and O–H groups in total. The predicted molar refractivity (Wildman–Crippen MR) is 111 cm³/mol. The third kappa shape index (κ3) is 3.53. The molecule has 2 aliphatic rings. The third-order valence-corrected chi connectivity index (χ3v) is 6.56. The van der Waals surface area contributed by atoms with Crippen LogP contribution in [0.1, 0.15) is 29.5 Å². The van der Waals surface area contributed by atoms with E-state index in [2.05, 4.69) is 65.6 Å². The van der Waals surface area contributed by atoms with Crippen LogP contribution in [0.4, 0.5) is 5.69 Å². The predicted octanol–water partition coefficient (Wildman–Crippen LogP) is 4.91. The lowest BCUT2D eigenvalue weighted by Crippen LogP contribution is -2.44. The van der Waals surface area contributed by atoms with Crippen molar-refractivity contribution >= 4 is 23.3 Å². The molecule has 0 atom stereocenters. The molecule has 2 heterocycles. The van der Waals surface area contributed by atoms with Crippen LogP contribution in [0.25, 0.3) is 0 Å². The lowest BCUT2D eigenvalue weighted by molar-refractivity contribution is 0.184. The van der Waals surface area contributed by atoms with Gasteiger partial charge in [-0.05, 0) is 53.5 Å². The summed E-state index contributed by atoms with van der Waals surface area (Å²) in [4.78, 5) is 5.11. The van der Waals surface area contributed by atoms with Gasteiger partial charge in [0.1, 0.15) is 5.84 Å². The molecule has 0 saturated carbocycles. The van der Waals surface area contributed by atoms with Crippen LogP contribution in [0, 0.1) is 5.41 Å². The number of para-hydroxylation sites is 1. The quantitative estimate of drug-likeness (QED) is 0.834. The van der Waals surface area contributed by atoms with Gasteiger partial charge in [0.25, 0.3) is 0 Å². The van der Waals surface area contributed by atoms with Crippen LogP contribution < -0.4 is 5.32 Å². The molecule has 0 aliphatic carbocycles. The van der Waals surface area contributed by atoms with Crippen LogP contribution in [0.2, 0.25) is 0 Å². The van der Waals surface area contributed by atoms with E-state index in [1.54, 1.807) is 7.11 Å².